The van der Waals surface area contributed by atoms with Crippen molar-refractivity contribution in [1.29, 1.82) is 0 Å². The van der Waals surface area contributed by atoms with E-state index in [9.17, 15) is 29.4 Å². The first-order valence-corrected chi connectivity index (χ1v) is 20.6. The fourth-order valence-corrected chi connectivity index (χ4v) is 6.12. The van der Waals surface area contributed by atoms with Gasteiger partial charge in [0.25, 0.3) is 0 Å². The number of rotatable bonds is 35. The molecule has 4 unspecified atom stereocenters. The summed E-state index contributed by atoms with van der Waals surface area (Å²) < 4.78 is 9.75. The molecule has 0 aliphatic rings. The standard InChI is InChI=1S/C42H74O10/c1-3-5-7-9-11-13-15-17-19-21-23-25-27-29-31-35(39(47)51-41(49)37(45)33-43)36(40(48)52-42(50)38(46)34-44)32-30-28-26-24-22-20-18-16-14-12-10-8-6-4-2/h17-20,35-38,43-46H,3-16,21-34H2,1-2H3/b19-17-,20-18+. The Hall–Kier alpha value is -2.40. The van der Waals surface area contributed by atoms with Crippen molar-refractivity contribution in [2.45, 2.75) is 193 Å². The zero-order chi connectivity index (χ0) is 38.7. The van der Waals surface area contributed by atoms with Gasteiger partial charge in [-0.05, 0) is 64.2 Å². The molecule has 0 saturated heterocycles. The fourth-order valence-electron chi connectivity index (χ4n) is 6.12. The van der Waals surface area contributed by atoms with Gasteiger partial charge in [-0.3, -0.25) is 9.59 Å². The zero-order valence-electron chi connectivity index (χ0n) is 32.7. The molecule has 52 heavy (non-hydrogen) atoms. The molecule has 0 aliphatic heterocycles. The third-order valence-corrected chi connectivity index (χ3v) is 9.44. The lowest BCUT2D eigenvalue weighted by atomic mass is 9.83. The number of unbranched alkanes of at least 4 members (excludes halogenated alkanes) is 20. The summed E-state index contributed by atoms with van der Waals surface area (Å²) in [5, 5.41) is 37.7. The second-order valence-corrected chi connectivity index (χ2v) is 14.1. The molecule has 302 valence electrons. The second kappa shape index (κ2) is 35.6. The van der Waals surface area contributed by atoms with E-state index in [4.69, 9.17) is 19.7 Å². The Bertz CT molecular complexity index is 886. The Labute approximate surface area is 314 Å². The van der Waals surface area contributed by atoms with E-state index in [1.807, 2.05) is 0 Å². The minimum Gasteiger partial charge on any atom is -0.393 e. The summed E-state index contributed by atoms with van der Waals surface area (Å²) in [5.74, 6) is -7.03. The predicted molar refractivity (Wildman–Crippen MR) is 205 cm³/mol. The summed E-state index contributed by atoms with van der Waals surface area (Å²) >= 11 is 0. The second-order valence-electron chi connectivity index (χ2n) is 14.1. The van der Waals surface area contributed by atoms with Gasteiger partial charge < -0.3 is 29.9 Å². The molecule has 0 aromatic carbocycles. The molecule has 0 amide bonds. The summed E-state index contributed by atoms with van der Waals surface area (Å²) in [4.78, 5) is 50.9. The lowest BCUT2D eigenvalue weighted by molar-refractivity contribution is -0.178. The van der Waals surface area contributed by atoms with Gasteiger partial charge in [0.2, 0.25) is 0 Å². The summed E-state index contributed by atoms with van der Waals surface area (Å²) in [6.07, 6.45) is 31.1. The molecule has 0 fully saturated rings. The van der Waals surface area contributed by atoms with E-state index < -0.39 is 61.1 Å². The highest BCUT2D eigenvalue weighted by molar-refractivity contribution is 5.94. The van der Waals surface area contributed by atoms with Crippen LogP contribution in [0, 0.1) is 11.8 Å². The van der Waals surface area contributed by atoms with E-state index in [0.29, 0.717) is 12.8 Å². The van der Waals surface area contributed by atoms with Crippen molar-refractivity contribution in [3.8, 4) is 0 Å². The molecule has 0 aromatic heterocycles. The Morgan fingerprint density at radius 1 is 0.423 bits per heavy atom. The van der Waals surface area contributed by atoms with Crippen LogP contribution in [-0.4, -0.2) is 69.7 Å². The summed E-state index contributed by atoms with van der Waals surface area (Å²) in [6.45, 7) is 2.57. The van der Waals surface area contributed by atoms with E-state index in [-0.39, 0.29) is 12.8 Å². The van der Waals surface area contributed by atoms with Gasteiger partial charge in [0.05, 0.1) is 25.0 Å². The maximum absolute atomic E-state index is 13.3. The molecule has 0 bridgehead atoms. The third-order valence-electron chi connectivity index (χ3n) is 9.44. The van der Waals surface area contributed by atoms with Crippen molar-refractivity contribution in [3.63, 3.8) is 0 Å². The number of esters is 4. The first-order chi connectivity index (χ1) is 25.2. The molecular weight excluding hydrogens is 664 g/mol. The van der Waals surface area contributed by atoms with Crippen LogP contribution in [0.4, 0.5) is 0 Å². The van der Waals surface area contributed by atoms with E-state index >= 15 is 0 Å². The third kappa shape index (κ3) is 27.2. The first kappa shape index (κ1) is 49.6. The molecule has 4 N–H and O–H groups in total. The SMILES string of the molecule is CCCCCCCC/C=C\CCCCCCC(C(=O)OC(=O)C(O)CO)C(CCCCCC/C=C/CCCCCCCC)C(=O)OC(=O)C(O)CO. The van der Waals surface area contributed by atoms with Crippen LogP contribution in [0.5, 0.6) is 0 Å². The van der Waals surface area contributed by atoms with Crippen LogP contribution in [0.1, 0.15) is 181 Å². The normalized spacial score (nSPS) is 14.0. The molecule has 10 heteroatoms. The monoisotopic (exact) mass is 739 g/mol. The van der Waals surface area contributed by atoms with Crippen LogP contribution >= 0.6 is 0 Å². The van der Waals surface area contributed by atoms with E-state index in [1.54, 1.807) is 0 Å². The van der Waals surface area contributed by atoms with Crippen molar-refractivity contribution < 1.29 is 49.1 Å². The van der Waals surface area contributed by atoms with E-state index in [0.717, 1.165) is 64.2 Å². The van der Waals surface area contributed by atoms with Gasteiger partial charge in [-0.2, -0.15) is 0 Å². The van der Waals surface area contributed by atoms with Gasteiger partial charge in [-0.25, -0.2) is 9.59 Å². The maximum Gasteiger partial charge on any atom is 0.345 e. The van der Waals surface area contributed by atoms with Gasteiger partial charge in [0.1, 0.15) is 0 Å². The lowest BCUT2D eigenvalue weighted by Crippen LogP contribution is -2.38. The Balaban J connectivity index is 5.18. The highest BCUT2D eigenvalue weighted by atomic mass is 16.6. The van der Waals surface area contributed by atoms with Crippen LogP contribution in [0.3, 0.4) is 0 Å². The Morgan fingerprint density at radius 2 is 0.692 bits per heavy atom. The highest BCUT2D eigenvalue weighted by Crippen LogP contribution is 2.29. The van der Waals surface area contributed by atoms with Crippen LogP contribution in [0.2, 0.25) is 0 Å². The highest BCUT2D eigenvalue weighted by Gasteiger charge is 2.38. The number of allylic oxidation sites excluding steroid dienone is 4. The van der Waals surface area contributed by atoms with Gasteiger partial charge in [0.15, 0.2) is 12.2 Å². The molecule has 0 heterocycles. The molecular formula is C42H74O10. The van der Waals surface area contributed by atoms with Crippen molar-refractivity contribution in [2.24, 2.45) is 11.8 Å². The predicted octanol–water partition coefficient (Wildman–Crippen LogP) is 8.36. The molecule has 0 rings (SSSR count). The molecule has 0 aromatic rings. The van der Waals surface area contributed by atoms with Gasteiger partial charge in [-0.1, -0.05) is 141 Å². The van der Waals surface area contributed by atoms with Crippen LogP contribution in [0.15, 0.2) is 24.3 Å². The number of aliphatic hydroxyl groups is 4. The number of carbonyl (C=O) groups excluding carboxylic acids is 4. The van der Waals surface area contributed by atoms with Crippen LogP contribution < -0.4 is 0 Å². The number of hydrogen-bond acceptors (Lipinski definition) is 10. The van der Waals surface area contributed by atoms with Crippen LogP contribution in [0.25, 0.3) is 0 Å². The number of hydrogen-bond donors (Lipinski definition) is 4. The smallest absolute Gasteiger partial charge is 0.345 e. The summed E-state index contributed by atoms with van der Waals surface area (Å²) in [6, 6.07) is 0. The van der Waals surface area contributed by atoms with Crippen molar-refractivity contribution in [3.05, 3.63) is 24.3 Å². The molecule has 0 saturated carbocycles. The topological polar surface area (TPSA) is 168 Å². The first-order valence-electron chi connectivity index (χ1n) is 20.6. The molecule has 0 radical (unpaired) electrons. The average Bonchev–Trinajstić information content (AvgIpc) is 3.14. The molecule has 4 atom stereocenters. The van der Waals surface area contributed by atoms with Crippen molar-refractivity contribution in [2.75, 3.05) is 13.2 Å². The summed E-state index contributed by atoms with van der Waals surface area (Å²) in [5.41, 5.74) is 0. The number of aliphatic hydroxyl groups excluding tert-OH is 4. The Morgan fingerprint density at radius 3 is 0.981 bits per heavy atom. The summed E-state index contributed by atoms with van der Waals surface area (Å²) in [7, 11) is 0. The van der Waals surface area contributed by atoms with E-state index in [2.05, 4.69) is 38.2 Å². The number of carbonyl (C=O) groups is 4. The zero-order valence-corrected chi connectivity index (χ0v) is 32.7. The number of ether oxygens (including phenoxy) is 2. The van der Waals surface area contributed by atoms with Gasteiger partial charge >= 0.3 is 23.9 Å². The molecule has 0 spiro atoms. The van der Waals surface area contributed by atoms with Gasteiger partial charge in [0, 0.05) is 0 Å². The average molecular weight is 739 g/mol. The minimum absolute atomic E-state index is 0.176. The fraction of sp³-hybridized carbons (Fsp3) is 0.810. The molecule has 0 aliphatic carbocycles. The van der Waals surface area contributed by atoms with Crippen LogP contribution in [-0.2, 0) is 28.7 Å². The Kier molecular flexibility index (Phi) is 34.0. The van der Waals surface area contributed by atoms with E-state index in [1.165, 1.54) is 77.0 Å². The lowest BCUT2D eigenvalue weighted by Gasteiger charge is -2.24. The van der Waals surface area contributed by atoms with Gasteiger partial charge in [-0.15, -0.1) is 0 Å². The minimum atomic E-state index is -1.91. The quantitative estimate of drug-likeness (QED) is 0.0215. The van der Waals surface area contributed by atoms with Crippen molar-refractivity contribution in [1.82, 2.24) is 0 Å². The van der Waals surface area contributed by atoms with Crippen molar-refractivity contribution >= 4 is 23.9 Å². The largest absolute Gasteiger partial charge is 0.393 e. The maximum atomic E-state index is 13.3. The molecule has 10 nitrogen and oxygen atoms in total.